The minimum atomic E-state index is -0.699. The van der Waals surface area contributed by atoms with Gasteiger partial charge in [-0.05, 0) is 35.8 Å². The van der Waals surface area contributed by atoms with Crippen LogP contribution >= 0.6 is 34.9 Å². The number of fused-ring (bicyclic) bond motifs is 1. The maximum Gasteiger partial charge on any atom is 0.355 e. The van der Waals surface area contributed by atoms with Gasteiger partial charge in [-0.2, -0.15) is 0 Å². The Hall–Kier alpha value is -3.35. The highest BCUT2D eigenvalue weighted by atomic mass is 32.2. The van der Waals surface area contributed by atoms with Crippen molar-refractivity contribution in [1.29, 1.82) is 0 Å². The van der Waals surface area contributed by atoms with Crippen LogP contribution in [0.3, 0.4) is 0 Å². The number of carbonyl (C=O) groups is 3. The lowest BCUT2D eigenvalue weighted by Crippen LogP contribution is -2.70. The summed E-state index contributed by atoms with van der Waals surface area (Å²) in [6.07, 6.45) is 0.178. The lowest BCUT2D eigenvalue weighted by molar-refractivity contribution is -0.153. The number of ether oxygens (including phenoxy) is 2. The molecule has 39 heavy (non-hydrogen) atoms. The van der Waals surface area contributed by atoms with E-state index in [9.17, 15) is 14.4 Å². The van der Waals surface area contributed by atoms with Gasteiger partial charge in [0, 0.05) is 11.5 Å². The number of nitrogens with zero attached hydrogens (tertiary/aromatic N) is 3. The number of carbonyl (C=O) groups excluding carboxylic acids is 3. The van der Waals surface area contributed by atoms with E-state index in [0.29, 0.717) is 17.3 Å². The molecule has 1 unspecified atom stereocenters. The summed E-state index contributed by atoms with van der Waals surface area (Å²) < 4.78 is 11.6. The summed E-state index contributed by atoms with van der Waals surface area (Å²) in [7, 11) is 1.59. The first-order chi connectivity index (χ1) is 18.9. The van der Waals surface area contributed by atoms with Crippen molar-refractivity contribution in [2.75, 3.05) is 18.6 Å². The first-order valence-corrected chi connectivity index (χ1v) is 15.0. The SMILES string of the molecule is COc1ccc(COC(=O)C2=C(CSc3nnc(C)s3)CS[C@H]3C(NC(=O)Cc4ccccc4)C(=O)N23)cc1. The monoisotopic (exact) mass is 582 g/mol. The highest BCUT2D eigenvalue weighted by Gasteiger charge is 2.54. The summed E-state index contributed by atoms with van der Waals surface area (Å²) in [5, 5.41) is 11.5. The van der Waals surface area contributed by atoms with E-state index in [2.05, 4.69) is 15.5 Å². The molecule has 0 saturated carbocycles. The number of hydrogen-bond acceptors (Lipinski definition) is 10. The van der Waals surface area contributed by atoms with E-state index in [0.717, 1.165) is 26.0 Å². The average Bonchev–Trinajstić information content (AvgIpc) is 3.38. The molecule has 3 aromatic rings. The fraction of sp³-hybridized carbons (Fsp3) is 0.296. The molecule has 3 heterocycles. The van der Waals surface area contributed by atoms with Gasteiger partial charge in [0.1, 0.15) is 34.5 Å². The molecule has 1 N–H and O–H groups in total. The lowest BCUT2D eigenvalue weighted by Gasteiger charge is -2.49. The number of nitrogens with one attached hydrogen (secondary N) is 1. The summed E-state index contributed by atoms with van der Waals surface area (Å²) in [5.41, 5.74) is 2.70. The second-order valence-corrected chi connectivity index (χ2v) is 12.4. The quantitative estimate of drug-likeness (QED) is 0.218. The minimum absolute atomic E-state index is 0.0550. The molecule has 2 aliphatic rings. The molecule has 2 aliphatic heterocycles. The fourth-order valence-corrected chi connectivity index (χ4v) is 7.51. The Bertz CT molecular complexity index is 1390. The van der Waals surface area contributed by atoms with Crippen molar-refractivity contribution in [1.82, 2.24) is 20.4 Å². The summed E-state index contributed by atoms with van der Waals surface area (Å²) >= 11 is 4.48. The van der Waals surface area contributed by atoms with Crippen molar-refractivity contribution in [3.05, 3.63) is 82.0 Å². The van der Waals surface area contributed by atoms with Crippen LogP contribution in [0.1, 0.15) is 16.1 Å². The van der Waals surface area contributed by atoms with Gasteiger partial charge in [-0.1, -0.05) is 65.6 Å². The van der Waals surface area contributed by atoms with Gasteiger partial charge in [-0.3, -0.25) is 14.5 Å². The smallest absolute Gasteiger partial charge is 0.355 e. The van der Waals surface area contributed by atoms with E-state index in [1.807, 2.05) is 49.4 Å². The molecule has 0 radical (unpaired) electrons. The highest BCUT2D eigenvalue weighted by molar-refractivity contribution is 8.01. The Balaban J connectivity index is 1.30. The third kappa shape index (κ3) is 6.29. The van der Waals surface area contributed by atoms with E-state index in [4.69, 9.17) is 9.47 Å². The van der Waals surface area contributed by atoms with Crippen LogP contribution in [-0.4, -0.2) is 62.9 Å². The summed E-state index contributed by atoms with van der Waals surface area (Å²) in [6, 6.07) is 15.9. The molecule has 5 rings (SSSR count). The van der Waals surface area contributed by atoms with E-state index in [-0.39, 0.29) is 35.9 Å². The van der Waals surface area contributed by atoms with Gasteiger partial charge in [0.25, 0.3) is 5.91 Å². The van der Waals surface area contributed by atoms with Crippen LogP contribution in [0.5, 0.6) is 5.75 Å². The zero-order valence-electron chi connectivity index (χ0n) is 21.3. The fourth-order valence-electron chi connectivity index (χ4n) is 4.21. The maximum atomic E-state index is 13.4. The molecule has 0 bridgehead atoms. The van der Waals surface area contributed by atoms with Crippen molar-refractivity contribution in [2.24, 2.45) is 0 Å². The Kier molecular flexibility index (Phi) is 8.53. The summed E-state index contributed by atoms with van der Waals surface area (Å²) in [6.45, 7) is 1.94. The summed E-state index contributed by atoms with van der Waals surface area (Å²) in [4.78, 5) is 40.8. The van der Waals surface area contributed by atoms with Crippen LogP contribution in [0.15, 0.2) is 70.2 Å². The van der Waals surface area contributed by atoms with Gasteiger partial charge in [0.15, 0.2) is 4.34 Å². The van der Waals surface area contributed by atoms with E-state index in [1.165, 1.54) is 39.8 Å². The van der Waals surface area contributed by atoms with E-state index < -0.39 is 12.0 Å². The van der Waals surface area contributed by atoms with E-state index in [1.54, 1.807) is 19.2 Å². The third-order valence-electron chi connectivity index (χ3n) is 6.17. The van der Waals surface area contributed by atoms with Crippen LogP contribution < -0.4 is 10.1 Å². The Morgan fingerprint density at radius 1 is 1.10 bits per heavy atom. The van der Waals surface area contributed by atoms with Crippen molar-refractivity contribution in [3.63, 3.8) is 0 Å². The summed E-state index contributed by atoms with van der Waals surface area (Å²) in [5.74, 6) is 0.577. The molecular weight excluding hydrogens is 557 g/mol. The standard InChI is InChI=1S/C27H26N4O5S3/c1-16-29-30-27(39-16)38-15-19-14-37-25-22(28-21(32)12-17-6-4-3-5-7-17)24(33)31(25)23(19)26(34)36-13-18-8-10-20(35-2)11-9-18/h3-11,22,25H,12-15H2,1-2H3,(H,28,32)/t22?,25-/m0/s1. The zero-order valence-corrected chi connectivity index (χ0v) is 23.7. The molecule has 0 spiro atoms. The molecule has 202 valence electrons. The number of aromatic nitrogens is 2. The molecular formula is C27H26N4O5S3. The number of thioether (sulfide) groups is 2. The second kappa shape index (κ2) is 12.2. The number of benzene rings is 2. The number of rotatable bonds is 10. The molecule has 2 atom stereocenters. The van der Waals surface area contributed by atoms with Crippen molar-refractivity contribution in [3.8, 4) is 5.75 Å². The van der Waals surface area contributed by atoms with Gasteiger partial charge in [0.2, 0.25) is 5.91 Å². The molecule has 2 amide bonds. The number of aryl methyl sites for hydroxylation is 1. The van der Waals surface area contributed by atoms with E-state index >= 15 is 0 Å². The molecule has 1 fully saturated rings. The topological polar surface area (TPSA) is 111 Å². The Labute approximate surface area is 238 Å². The van der Waals surface area contributed by atoms with Crippen LogP contribution in [-0.2, 0) is 32.1 Å². The molecule has 1 aromatic heterocycles. The largest absolute Gasteiger partial charge is 0.497 e. The van der Waals surface area contributed by atoms with Crippen LogP contribution in [0.25, 0.3) is 0 Å². The van der Waals surface area contributed by atoms with Crippen molar-refractivity contribution < 1.29 is 23.9 Å². The minimum Gasteiger partial charge on any atom is -0.497 e. The van der Waals surface area contributed by atoms with Crippen LogP contribution in [0, 0.1) is 6.92 Å². The normalized spacial score (nSPS) is 18.3. The lowest BCUT2D eigenvalue weighted by atomic mass is 10.0. The van der Waals surface area contributed by atoms with Gasteiger partial charge >= 0.3 is 5.97 Å². The number of esters is 1. The van der Waals surface area contributed by atoms with Crippen molar-refractivity contribution >= 4 is 52.6 Å². The highest BCUT2D eigenvalue weighted by Crippen LogP contribution is 2.42. The number of β-lactam (4-membered cyclic amide) rings is 1. The number of amides is 2. The molecule has 12 heteroatoms. The predicted octanol–water partition coefficient (Wildman–Crippen LogP) is 3.59. The van der Waals surface area contributed by atoms with Gasteiger partial charge < -0.3 is 14.8 Å². The molecule has 0 aliphatic carbocycles. The van der Waals surface area contributed by atoms with Crippen molar-refractivity contribution in [2.45, 2.75) is 35.7 Å². The first kappa shape index (κ1) is 27.2. The molecule has 9 nitrogen and oxygen atoms in total. The zero-order chi connectivity index (χ0) is 27.4. The number of hydrogen-bond donors (Lipinski definition) is 1. The van der Waals surface area contributed by atoms with Crippen LogP contribution in [0.2, 0.25) is 0 Å². The van der Waals surface area contributed by atoms with Gasteiger partial charge in [-0.15, -0.1) is 22.0 Å². The Morgan fingerprint density at radius 2 is 1.87 bits per heavy atom. The first-order valence-electron chi connectivity index (χ1n) is 12.2. The van der Waals surface area contributed by atoms with Crippen LogP contribution in [0.4, 0.5) is 0 Å². The van der Waals surface area contributed by atoms with Gasteiger partial charge in [-0.25, -0.2) is 4.79 Å². The predicted molar refractivity (Wildman–Crippen MR) is 150 cm³/mol. The third-order valence-corrected chi connectivity index (χ3v) is 9.57. The number of methoxy groups -OCH3 is 1. The molecule has 2 aromatic carbocycles. The Morgan fingerprint density at radius 3 is 2.56 bits per heavy atom. The maximum absolute atomic E-state index is 13.4. The molecule has 1 saturated heterocycles. The second-order valence-electron chi connectivity index (χ2n) is 8.87. The van der Waals surface area contributed by atoms with Gasteiger partial charge in [0.05, 0.1) is 13.5 Å². The average molecular weight is 583 g/mol.